The molecule has 0 aliphatic carbocycles. The van der Waals surface area contributed by atoms with Gasteiger partial charge in [0.1, 0.15) is 11.4 Å². The molecule has 0 saturated heterocycles. The largest absolute Gasteiger partial charge is 0.443 e. The molecule has 0 aliphatic heterocycles. The standard InChI is InChI=1S/C24H30FN3O2/c1-6-16(2)13-18-14-27-20-11-12-26-21(20)22(18)28(23(29)30-24(3,4)5)15-17-7-9-19(25)10-8-17/h7-12,14,16,26H,6,13,15H2,1-5H3. The van der Waals surface area contributed by atoms with Gasteiger partial charge in [-0.3, -0.25) is 9.88 Å². The number of nitrogens with zero attached hydrogens (tertiary/aromatic N) is 2. The van der Waals surface area contributed by atoms with Gasteiger partial charge in [0.2, 0.25) is 0 Å². The van der Waals surface area contributed by atoms with E-state index in [0.29, 0.717) is 5.92 Å². The highest BCUT2D eigenvalue weighted by Crippen LogP contribution is 2.33. The lowest BCUT2D eigenvalue weighted by atomic mass is 9.98. The second kappa shape index (κ2) is 8.86. The highest BCUT2D eigenvalue weighted by molar-refractivity contribution is 6.00. The number of halogens is 1. The Hall–Kier alpha value is -2.89. The van der Waals surface area contributed by atoms with Crippen LogP contribution in [0.25, 0.3) is 11.0 Å². The summed E-state index contributed by atoms with van der Waals surface area (Å²) < 4.78 is 19.2. The van der Waals surface area contributed by atoms with Crippen LogP contribution in [-0.4, -0.2) is 21.7 Å². The minimum atomic E-state index is -0.642. The molecule has 6 heteroatoms. The number of carbonyl (C=O) groups excluding carboxylic acids is 1. The number of pyridine rings is 1. The minimum absolute atomic E-state index is 0.265. The van der Waals surface area contributed by atoms with Crippen molar-refractivity contribution in [3.8, 4) is 0 Å². The van der Waals surface area contributed by atoms with Crippen LogP contribution in [0.5, 0.6) is 0 Å². The molecule has 0 fully saturated rings. The summed E-state index contributed by atoms with van der Waals surface area (Å²) in [5.74, 6) is 0.125. The van der Waals surface area contributed by atoms with Crippen molar-refractivity contribution in [3.05, 3.63) is 59.7 Å². The number of hydrogen-bond donors (Lipinski definition) is 1. The molecule has 1 N–H and O–H groups in total. The van der Waals surface area contributed by atoms with E-state index in [0.717, 1.165) is 40.7 Å². The molecule has 2 heterocycles. The maximum Gasteiger partial charge on any atom is 0.415 e. The van der Waals surface area contributed by atoms with E-state index in [2.05, 4.69) is 23.8 Å². The number of ether oxygens (including phenoxy) is 1. The van der Waals surface area contributed by atoms with E-state index in [4.69, 9.17) is 4.74 Å². The highest BCUT2D eigenvalue weighted by Gasteiger charge is 2.28. The molecule has 30 heavy (non-hydrogen) atoms. The van der Waals surface area contributed by atoms with Crippen LogP contribution in [0, 0.1) is 11.7 Å². The fourth-order valence-corrected chi connectivity index (χ4v) is 3.33. The zero-order valence-electron chi connectivity index (χ0n) is 18.3. The zero-order chi connectivity index (χ0) is 21.9. The first-order chi connectivity index (χ1) is 14.2. The van der Waals surface area contributed by atoms with Crippen LogP contribution in [0.2, 0.25) is 0 Å². The molecule has 0 radical (unpaired) electrons. The van der Waals surface area contributed by atoms with Crippen LogP contribution in [0.15, 0.2) is 42.7 Å². The van der Waals surface area contributed by atoms with E-state index in [-0.39, 0.29) is 12.4 Å². The van der Waals surface area contributed by atoms with Gasteiger partial charge in [-0.15, -0.1) is 0 Å². The molecule has 0 bridgehead atoms. The van der Waals surface area contributed by atoms with Gasteiger partial charge in [0.05, 0.1) is 23.3 Å². The number of hydrogen-bond acceptors (Lipinski definition) is 3. The Bertz CT molecular complexity index is 1010. The number of aromatic nitrogens is 2. The van der Waals surface area contributed by atoms with Crippen molar-refractivity contribution in [3.63, 3.8) is 0 Å². The van der Waals surface area contributed by atoms with Crippen molar-refractivity contribution in [1.82, 2.24) is 9.97 Å². The number of fused-ring (bicyclic) bond motifs is 1. The van der Waals surface area contributed by atoms with Crippen molar-refractivity contribution in [2.24, 2.45) is 5.92 Å². The van der Waals surface area contributed by atoms with Crippen molar-refractivity contribution >= 4 is 22.8 Å². The Morgan fingerprint density at radius 1 is 1.23 bits per heavy atom. The van der Waals surface area contributed by atoms with Crippen LogP contribution in [-0.2, 0) is 17.7 Å². The maximum atomic E-state index is 13.4. The molecule has 0 saturated carbocycles. The third-order valence-corrected chi connectivity index (χ3v) is 5.03. The number of carbonyl (C=O) groups is 1. The fourth-order valence-electron chi connectivity index (χ4n) is 3.33. The predicted octanol–water partition coefficient (Wildman–Crippen LogP) is 6.23. The van der Waals surface area contributed by atoms with Gasteiger partial charge in [-0.25, -0.2) is 9.18 Å². The maximum absolute atomic E-state index is 13.4. The molecule has 1 amide bonds. The topological polar surface area (TPSA) is 58.2 Å². The summed E-state index contributed by atoms with van der Waals surface area (Å²) in [7, 11) is 0. The number of aromatic amines is 1. The van der Waals surface area contributed by atoms with Crippen LogP contribution < -0.4 is 4.90 Å². The number of H-pyrrole nitrogens is 1. The van der Waals surface area contributed by atoms with Crippen molar-refractivity contribution in [1.29, 1.82) is 0 Å². The van der Waals surface area contributed by atoms with Gasteiger partial charge in [-0.05, 0) is 62.4 Å². The Morgan fingerprint density at radius 3 is 2.57 bits per heavy atom. The Kier molecular flexibility index (Phi) is 6.44. The first-order valence-electron chi connectivity index (χ1n) is 10.4. The van der Waals surface area contributed by atoms with E-state index in [1.807, 2.05) is 39.2 Å². The third kappa shape index (κ3) is 5.17. The van der Waals surface area contributed by atoms with E-state index in [1.54, 1.807) is 17.0 Å². The number of rotatable bonds is 6. The van der Waals surface area contributed by atoms with E-state index in [1.165, 1.54) is 12.1 Å². The highest BCUT2D eigenvalue weighted by atomic mass is 19.1. The van der Waals surface area contributed by atoms with Crippen molar-refractivity contribution in [2.45, 2.75) is 59.6 Å². The van der Waals surface area contributed by atoms with Gasteiger partial charge >= 0.3 is 6.09 Å². The first kappa shape index (κ1) is 21.8. The van der Waals surface area contributed by atoms with E-state index in [9.17, 15) is 9.18 Å². The SMILES string of the molecule is CCC(C)Cc1cnc2cc[nH]c2c1N(Cc1ccc(F)cc1)C(=O)OC(C)(C)C. The number of anilines is 1. The average Bonchev–Trinajstić information content (AvgIpc) is 3.15. The second-order valence-corrected chi connectivity index (χ2v) is 8.78. The molecule has 1 aromatic carbocycles. The first-order valence-corrected chi connectivity index (χ1v) is 10.4. The van der Waals surface area contributed by atoms with E-state index >= 15 is 0 Å². The number of amides is 1. The molecule has 1 atom stereocenters. The third-order valence-electron chi connectivity index (χ3n) is 5.03. The molecule has 0 aliphatic rings. The predicted molar refractivity (Wildman–Crippen MR) is 118 cm³/mol. The fraction of sp³-hybridized carbons (Fsp3) is 0.417. The van der Waals surface area contributed by atoms with Gasteiger partial charge < -0.3 is 9.72 Å². The van der Waals surface area contributed by atoms with Gasteiger partial charge in [0, 0.05) is 12.4 Å². The lowest BCUT2D eigenvalue weighted by molar-refractivity contribution is 0.0577. The monoisotopic (exact) mass is 411 g/mol. The van der Waals surface area contributed by atoms with Gasteiger partial charge in [-0.2, -0.15) is 0 Å². The van der Waals surface area contributed by atoms with Gasteiger partial charge in [0.25, 0.3) is 0 Å². The molecular formula is C24H30FN3O2. The summed E-state index contributed by atoms with van der Waals surface area (Å²) in [6.45, 7) is 10.1. The molecular weight excluding hydrogens is 381 g/mol. The Labute approximate surface area is 177 Å². The van der Waals surface area contributed by atoms with Crippen molar-refractivity contribution < 1.29 is 13.9 Å². The lowest BCUT2D eigenvalue weighted by Crippen LogP contribution is -2.37. The molecule has 2 aromatic heterocycles. The molecule has 3 aromatic rings. The molecule has 5 nitrogen and oxygen atoms in total. The van der Waals surface area contributed by atoms with Crippen LogP contribution in [0.4, 0.5) is 14.9 Å². The molecule has 3 rings (SSSR count). The number of nitrogens with one attached hydrogen (secondary N) is 1. The summed E-state index contributed by atoms with van der Waals surface area (Å²) in [5.41, 5.74) is 3.50. The van der Waals surface area contributed by atoms with Crippen molar-refractivity contribution in [2.75, 3.05) is 4.90 Å². The Balaban J connectivity index is 2.12. The number of benzene rings is 1. The summed E-state index contributed by atoms with van der Waals surface area (Å²) in [5, 5.41) is 0. The molecule has 160 valence electrons. The second-order valence-electron chi connectivity index (χ2n) is 8.78. The zero-order valence-corrected chi connectivity index (χ0v) is 18.3. The smallest absolute Gasteiger partial charge is 0.415 e. The lowest BCUT2D eigenvalue weighted by Gasteiger charge is -2.29. The quantitative estimate of drug-likeness (QED) is 0.523. The molecule has 1 unspecified atom stereocenters. The summed E-state index contributed by atoms with van der Waals surface area (Å²) in [6.07, 6.45) is 5.03. The average molecular weight is 412 g/mol. The summed E-state index contributed by atoms with van der Waals surface area (Å²) >= 11 is 0. The molecule has 0 spiro atoms. The van der Waals surface area contributed by atoms with Gasteiger partial charge in [0.15, 0.2) is 0 Å². The van der Waals surface area contributed by atoms with Crippen LogP contribution in [0.1, 0.15) is 52.2 Å². The minimum Gasteiger partial charge on any atom is -0.443 e. The normalized spacial score (nSPS) is 12.7. The Morgan fingerprint density at radius 2 is 1.93 bits per heavy atom. The van der Waals surface area contributed by atoms with Crippen LogP contribution >= 0.6 is 0 Å². The van der Waals surface area contributed by atoms with Gasteiger partial charge in [-0.1, -0.05) is 32.4 Å². The summed E-state index contributed by atoms with van der Waals surface area (Å²) in [4.78, 5) is 22.7. The summed E-state index contributed by atoms with van der Waals surface area (Å²) in [6, 6.07) is 8.07. The van der Waals surface area contributed by atoms with Crippen LogP contribution in [0.3, 0.4) is 0 Å². The van der Waals surface area contributed by atoms with E-state index < -0.39 is 11.7 Å².